The predicted octanol–water partition coefficient (Wildman–Crippen LogP) is 2.51. The molecule has 1 aliphatic rings. The van der Waals surface area contributed by atoms with Crippen LogP contribution in [0.2, 0.25) is 0 Å². The van der Waals surface area contributed by atoms with Gasteiger partial charge in [-0.1, -0.05) is 44.2 Å². The van der Waals surface area contributed by atoms with Gasteiger partial charge in [-0.05, 0) is 24.1 Å². The average Bonchev–Trinajstić information content (AvgIpc) is 2.72. The lowest BCUT2D eigenvalue weighted by Gasteiger charge is -2.14. The number of hydrogen-bond acceptors (Lipinski definition) is 2. The highest BCUT2D eigenvalue weighted by atomic mass is 16.2. The van der Waals surface area contributed by atoms with Gasteiger partial charge in [0.1, 0.15) is 0 Å². The van der Waals surface area contributed by atoms with Crippen LogP contribution < -0.4 is 5.32 Å². The van der Waals surface area contributed by atoms with Gasteiger partial charge in [-0.25, -0.2) is 0 Å². The number of hydrogen-bond donors (Lipinski definition) is 1. The Labute approximate surface area is 113 Å². The highest BCUT2D eigenvalue weighted by molar-refractivity contribution is 6.09. The Bertz CT molecular complexity index is 541. The molecular weight excluding hydrogens is 238 g/mol. The number of ketones is 1. The van der Waals surface area contributed by atoms with Crippen molar-refractivity contribution >= 4 is 11.7 Å². The summed E-state index contributed by atoms with van der Waals surface area (Å²) in [6.07, 6.45) is 5.15. The Morgan fingerprint density at radius 3 is 2.58 bits per heavy atom. The summed E-state index contributed by atoms with van der Waals surface area (Å²) in [7, 11) is 0. The summed E-state index contributed by atoms with van der Waals surface area (Å²) >= 11 is 0. The van der Waals surface area contributed by atoms with Crippen molar-refractivity contribution in [2.75, 3.05) is 0 Å². The van der Waals surface area contributed by atoms with E-state index in [0.29, 0.717) is 11.1 Å². The summed E-state index contributed by atoms with van der Waals surface area (Å²) in [4.78, 5) is 23.8. The number of carbonyl (C=O) groups is 2. The molecule has 1 N–H and O–H groups in total. The fourth-order valence-corrected chi connectivity index (χ4v) is 2.02. The number of nitrogens with one attached hydrogen (secondary N) is 1. The van der Waals surface area contributed by atoms with Gasteiger partial charge >= 0.3 is 0 Å². The van der Waals surface area contributed by atoms with Crippen molar-refractivity contribution in [1.29, 1.82) is 0 Å². The minimum Gasteiger partial charge on any atom is -0.342 e. The molecular formula is C16H17NO2. The molecule has 19 heavy (non-hydrogen) atoms. The molecule has 0 aliphatic heterocycles. The topological polar surface area (TPSA) is 46.2 Å². The zero-order chi connectivity index (χ0) is 13.8. The SMILES string of the molecule is CC(C)C=C1C(=O)C=CC1NC(=O)c1ccccc1. The van der Waals surface area contributed by atoms with E-state index < -0.39 is 0 Å². The first kappa shape index (κ1) is 13.3. The fourth-order valence-electron chi connectivity index (χ4n) is 2.02. The molecule has 3 heteroatoms. The molecule has 98 valence electrons. The van der Waals surface area contributed by atoms with Gasteiger partial charge in [0.15, 0.2) is 5.78 Å². The van der Waals surface area contributed by atoms with E-state index in [1.54, 1.807) is 18.2 Å². The molecule has 0 spiro atoms. The van der Waals surface area contributed by atoms with E-state index in [9.17, 15) is 9.59 Å². The molecule has 1 unspecified atom stereocenters. The predicted molar refractivity (Wildman–Crippen MR) is 74.8 cm³/mol. The van der Waals surface area contributed by atoms with Gasteiger partial charge in [0.25, 0.3) is 5.91 Å². The van der Waals surface area contributed by atoms with Gasteiger partial charge in [0.05, 0.1) is 6.04 Å². The first-order chi connectivity index (χ1) is 9.08. The monoisotopic (exact) mass is 255 g/mol. The second-order valence-electron chi connectivity index (χ2n) is 4.91. The quantitative estimate of drug-likeness (QED) is 0.843. The van der Waals surface area contributed by atoms with Crippen molar-refractivity contribution in [3.63, 3.8) is 0 Å². The number of allylic oxidation sites excluding steroid dienone is 2. The highest BCUT2D eigenvalue weighted by Crippen LogP contribution is 2.17. The van der Waals surface area contributed by atoms with Gasteiger partial charge in [0.2, 0.25) is 0 Å². The summed E-state index contributed by atoms with van der Waals surface area (Å²) in [5.41, 5.74) is 1.25. The lowest BCUT2D eigenvalue weighted by Crippen LogP contribution is -2.34. The second kappa shape index (κ2) is 5.65. The first-order valence-electron chi connectivity index (χ1n) is 6.38. The van der Waals surface area contributed by atoms with Crippen molar-refractivity contribution in [3.05, 3.63) is 59.7 Å². The maximum Gasteiger partial charge on any atom is 0.252 e. The number of amides is 1. The van der Waals surface area contributed by atoms with Crippen molar-refractivity contribution in [2.45, 2.75) is 19.9 Å². The van der Waals surface area contributed by atoms with E-state index in [1.807, 2.05) is 38.1 Å². The Kier molecular flexibility index (Phi) is 3.95. The summed E-state index contributed by atoms with van der Waals surface area (Å²) in [6.45, 7) is 4.02. The minimum absolute atomic E-state index is 0.0212. The fraction of sp³-hybridized carbons (Fsp3) is 0.250. The summed E-state index contributed by atoms with van der Waals surface area (Å²) in [5, 5.41) is 2.87. The van der Waals surface area contributed by atoms with Crippen LogP contribution in [-0.4, -0.2) is 17.7 Å². The molecule has 1 aromatic rings. The molecule has 2 rings (SSSR count). The Morgan fingerprint density at radius 1 is 1.26 bits per heavy atom. The van der Waals surface area contributed by atoms with Gasteiger partial charge in [0, 0.05) is 11.1 Å². The summed E-state index contributed by atoms with van der Waals surface area (Å²) < 4.78 is 0. The van der Waals surface area contributed by atoms with Crippen LogP contribution in [0.1, 0.15) is 24.2 Å². The van der Waals surface area contributed by atoms with Crippen LogP contribution in [-0.2, 0) is 4.79 Å². The zero-order valence-electron chi connectivity index (χ0n) is 11.1. The van der Waals surface area contributed by atoms with Gasteiger partial charge < -0.3 is 5.32 Å². The van der Waals surface area contributed by atoms with E-state index >= 15 is 0 Å². The third-order valence-electron chi connectivity index (χ3n) is 2.90. The van der Waals surface area contributed by atoms with E-state index in [4.69, 9.17) is 0 Å². The molecule has 0 aromatic heterocycles. The van der Waals surface area contributed by atoms with Crippen LogP contribution in [0.15, 0.2) is 54.1 Å². The third-order valence-corrected chi connectivity index (χ3v) is 2.90. The van der Waals surface area contributed by atoms with Crippen LogP contribution in [0.5, 0.6) is 0 Å². The van der Waals surface area contributed by atoms with Crippen molar-refractivity contribution in [1.82, 2.24) is 5.32 Å². The van der Waals surface area contributed by atoms with Crippen LogP contribution in [0.4, 0.5) is 0 Å². The molecule has 0 saturated carbocycles. The largest absolute Gasteiger partial charge is 0.342 e. The molecule has 0 bridgehead atoms. The normalized spacial score (nSPS) is 20.3. The van der Waals surface area contributed by atoms with Crippen LogP contribution >= 0.6 is 0 Å². The average molecular weight is 255 g/mol. The molecule has 0 saturated heterocycles. The lowest BCUT2D eigenvalue weighted by atomic mass is 10.0. The molecule has 1 aliphatic carbocycles. The lowest BCUT2D eigenvalue weighted by molar-refractivity contribution is -0.111. The van der Waals surface area contributed by atoms with Gasteiger partial charge in [-0.3, -0.25) is 9.59 Å². The Balaban J connectivity index is 2.13. The third kappa shape index (κ3) is 3.19. The maximum absolute atomic E-state index is 12.1. The molecule has 0 fully saturated rings. The van der Waals surface area contributed by atoms with Gasteiger partial charge in [-0.2, -0.15) is 0 Å². The standard InChI is InChI=1S/C16H17NO2/c1-11(2)10-13-14(8-9-15(13)18)17-16(19)12-6-4-3-5-7-12/h3-11,14H,1-2H3,(H,17,19). The highest BCUT2D eigenvalue weighted by Gasteiger charge is 2.24. The van der Waals surface area contributed by atoms with Crippen molar-refractivity contribution in [2.24, 2.45) is 5.92 Å². The maximum atomic E-state index is 12.1. The molecule has 1 aromatic carbocycles. The number of benzene rings is 1. The minimum atomic E-state index is -0.317. The first-order valence-corrected chi connectivity index (χ1v) is 6.38. The van der Waals surface area contributed by atoms with E-state index in [-0.39, 0.29) is 23.7 Å². The molecule has 0 heterocycles. The Hall–Kier alpha value is -2.16. The van der Waals surface area contributed by atoms with Crippen LogP contribution in [0.25, 0.3) is 0 Å². The van der Waals surface area contributed by atoms with E-state index in [1.165, 1.54) is 6.08 Å². The molecule has 1 amide bonds. The summed E-state index contributed by atoms with van der Waals surface area (Å²) in [6, 6.07) is 8.68. The summed E-state index contributed by atoms with van der Waals surface area (Å²) in [5.74, 6) is 0.0849. The second-order valence-corrected chi connectivity index (χ2v) is 4.91. The zero-order valence-corrected chi connectivity index (χ0v) is 11.1. The van der Waals surface area contributed by atoms with E-state index in [0.717, 1.165) is 0 Å². The molecule has 1 atom stereocenters. The smallest absolute Gasteiger partial charge is 0.252 e. The van der Waals surface area contributed by atoms with Crippen LogP contribution in [0.3, 0.4) is 0 Å². The Morgan fingerprint density at radius 2 is 1.95 bits per heavy atom. The number of rotatable bonds is 3. The van der Waals surface area contributed by atoms with Crippen LogP contribution in [0, 0.1) is 5.92 Å². The van der Waals surface area contributed by atoms with E-state index in [2.05, 4.69) is 5.32 Å². The number of carbonyl (C=O) groups excluding carboxylic acids is 2. The van der Waals surface area contributed by atoms with Crippen molar-refractivity contribution in [3.8, 4) is 0 Å². The molecule has 3 nitrogen and oxygen atoms in total. The molecule has 0 radical (unpaired) electrons. The van der Waals surface area contributed by atoms with Gasteiger partial charge in [-0.15, -0.1) is 0 Å². The van der Waals surface area contributed by atoms with Crippen molar-refractivity contribution < 1.29 is 9.59 Å².